The molecule has 3 atom stereocenters. The predicted octanol–water partition coefficient (Wildman–Crippen LogP) is 2.93. The predicted molar refractivity (Wildman–Crippen MR) is 71.9 cm³/mol. The number of H-pyrrole nitrogens is 1. The third-order valence-corrected chi connectivity index (χ3v) is 4.09. The standard InChI is InChI=1S/C15H18N2O2/c1-10-7-8-12(9-10)13(11-5-3-2-4-6-11)14-16-17-15(18)19-14/h2-6,10,12-13H,7-9H2,1H3,(H,17,18). The monoisotopic (exact) mass is 258 g/mol. The second-order valence-electron chi connectivity index (χ2n) is 5.52. The molecule has 19 heavy (non-hydrogen) atoms. The third-order valence-electron chi connectivity index (χ3n) is 4.09. The number of hydrogen-bond donors (Lipinski definition) is 1. The molecule has 3 rings (SSSR count). The average Bonchev–Trinajstić information content (AvgIpc) is 3.01. The summed E-state index contributed by atoms with van der Waals surface area (Å²) in [6.45, 7) is 2.28. The summed E-state index contributed by atoms with van der Waals surface area (Å²) >= 11 is 0. The quantitative estimate of drug-likeness (QED) is 0.920. The van der Waals surface area contributed by atoms with Crippen molar-refractivity contribution in [2.45, 2.75) is 32.1 Å². The maximum atomic E-state index is 11.2. The van der Waals surface area contributed by atoms with Crippen molar-refractivity contribution in [1.82, 2.24) is 10.2 Å². The molecule has 0 radical (unpaired) electrons. The molecule has 0 amide bonds. The minimum absolute atomic E-state index is 0.0881. The van der Waals surface area contributed by atoms with E-state index in [0.29, 0.717) is 11.8 Å². The molecule has 2 aromatic rings. The molecule has 1 aromatic heterocycles. The molecule has 1 aliphatic carbocycles. The zero-order valence-corrected chi connectivity index (χ0v) is 11.0. The van der Waals surface area contributed by atoms with Crippen LogP contribution in [0.1, 0.15) is 43.6 Å². The van der Waals surface area contributed by atoms with Gasteiger partial charge in [-0.2, -0.15) is 0 Å². The lowest BCUT2D eigenvalue weighted by molar-refractivity contribution is 0.368. The second kappa shape index (κ2) is 5.03. The van der Waals surface area contributed by atoms with Gasteiger partial charge in [-0.25, -0.2) is 9.89 Å². The SMILES string of the molecule is CC1CCC(C(c2ccccc2)c2n[nH]c(=O)o2)C1. The smallest absolute Gasteiger partial charge is 0.392 e. The van der Waals surface area contributed by atoms with Crippen LogP contribution in [0, 0.1) is 11.8 Å². The molecule has 0 saturated heterocycles. The van der Waals surface area contributed by atoms with Gasteiger partial charge in [-0.05, 0) is 30.2 Å². The highest BCUT2D eigenvalue weighted by Crippen LogP contribution is 2.42. The summed E-state index contributed by atoms with van der Waals surface area (Å²) in [7, 11) is 0. The van der Waals surface area contributed by atoms with Gasteiger partial charge >= 0.3 is 5.76 Å². The normalized spacial score (nSPS) is 24.5. The first-order valence-electron chi connectivity index (χ1n) is 6.84. The van der Waals surface area contributed by atoms with Gasteiger partial charge in [-0.15, -0.1) is 5.10 Å². The average molecular weight is 258 g/mol. The fourth-order valence-electron chi connectivity index (χ4n) is 3.21. The molecule has 0 aliphatic heterocycles. The van der Waals surface area contributed by atoms with E-state index in [1.54, 1.807) is 0 Å². The summed E-state index contributed by atoms with van der Waals surface area (Å²) in [6, 6.07) is 10.2. The van der Waals surface area contributed by atoms with Crippen molar-refractivity contribution in [1.29, 1.82) is 0 Å². The van der Waals surface area contributed by atoms with E-state index in [0.717, 1.165) is 18.8 Å². The van der Waals surface area contributed by atoms with Gasteiger partial charge in [0.1, 0.15) is 0 Å². The highest BCUT2D eigenvalue weighted by molar-refractivity contribution is 5.25. The number of nitrogens with zero attached hydrogens (tertiary/aromatic N) is 1. The maximum Gasteiger partial charge on any atom is 0.434 e. The molecule has 0 spiro atoms. The molecule has 100 valence electrons. The Morgan fingerprint density at radius 2 is 2.11 bits per heavy atom. The number of aromatic nitrogens is 2. The first kappa shape index (κ1) is 12.2. The maximum absolute atomic E-state index is 11.2. The zero-order valence-electron chi connectivity index (χ0n) is 11.0. The van der Waals surface area contributed by atoms with E-state index in [-0.39, 0.29) is 5.92 Å². The molecule has 4 heteroatoms. The van der Waals surface area contributed by atoms with E-state index in [2.05, 4.69) is 29.3 Å². The van der Waals surface area contributed by atoms with Crippen LogP contribution in [0.15, 0.2) is 39.5 Å². The van der Waals surface area contributed by atoms with Crippen LogP contribution in [0.4, 0.5) is 0 Å². The van der Waals surface area contributed by atoms with Crippen molar-refractivity contribution in [2.24, 2.45) is 11.8 Å². The van der Waals surface area contributed by atoms with Gasteiger partial charge in [0, 0.05) is 0 Å². The third kappa shape index (κ3) is 2.48. The van der Waals surface area contributed by atoms with Crippen LogP contribution in [-0.4, -0.2) is 10.2 Å². The van der Waals surface area contributed by atoms with E-state index in [9.17, 15) is 4.79 Å². The second-order valence-corrected chi connectivity index (χ2v) is 5.52. The molecule has 1 aliphatic rings. The lowest BCUT2D eigenvalue weighted by Crippen LogP contribution is -2.12. The van der Waals surface area contributed by atoms with Gasteiger partial charge in [0.05, 0.1) is 5.92 Å². The Bertz CT molecular complexity index is 587. The van der Waals surface area contributed by atoms with Crippen molar-refractivity contribution in [2.75, 3.05) is 0 Å². The fourth-order valence-corrected chi connectivity index (χ4v) is 3.21. The van der Waals surface area contributed by atoms with Crippen LogP contribution in [0.5, 0.6) is 0 Å². The molecule has 3 unspecified atom stereocenters. The molecule has 1 fully saturated rings. The van der Waals surface area contributed by atoms with Crippen LogP contribution in [-0.2, 0) is 0 Å². The number of rotatable bonds is 3. The summed E-state index contributed by atoms with van der Waals surface area (Å²) in [4.78, 5) is 11.2. The van der Waals surface area contributed by atoms with Crippen LogP contribution < -0.4 is 5.76 Å². The van der Waals surface area contributed by atoms with Crippen molar-refractivity contribution >= 4 is 0 Å². The molecule has 4 nitrogen and oxygen atoms in total. The first-order chi connectivity index (χ1) is 9.24. The van der Waals surface area contributed by atoms with E-state index in [1.807, 2.05) is 18.2 Å². The molecular formula is C15H18N2O2. The molecular weight excluding hydrogens is 240 g/mol. The Kier molecular flexibility index (Phi) is 3.23. The zero-order chi connectivity index (χ0) is 13.2. The Hall–Kier alpha value is -1.84. The summed E-state index contributed by atoms with van der Waals surface area (Å²) in [5.74, 6) is 1.38. The molecule has 1 N–H and O–H groups in total. The van der Waals surface area contributed by atoms with Crippen molar-refractivity contribution in [3.63, 3.8) is 0 Å². The first-order valence-corrected chi connectivity index (χ1v) is 6.84. The van der Waals surface area contributed by atoms with Crippen LogP contribution >= 0.6 is 0 Å². The van der Waals surface area contributed by atoms with Gasteiger partial charge in [0.25, 0.3) is 0 Å². The van der Waals surface area contributed by atoms with Gasteiger partial charge in [0.15, 0.2) is 0 Å². The topological polar surface area (TPSA) is 58.9 Å². The van der Waals surface area contributed by atoms with Crippen LogP contribution in [0.2, 0.25) is 0 Å². The summed E-state index contributed by atoms with van der Waals surface area (Å²) in [5.41, 5.74) is 1.18. The fraction of sp³-hybridized carbons (Fsp3) is 0.467. The Morgan fingerprint density at radius 3 is 2.68 bits per heavy atom. The summed E-state index contributed by atoms with van der Waals surface area (Å²) in [6.07, 6.45) is 3.57. The van der Waals surface area contributed by atoms with E-state index >= 15 is 0 Å². The Balaban J connectivity index is 1.98. The lowest BCUT2D eigenvalue weighted by atomic mass is 9.84. The van der Waals surface area contributed by atoms with E-state index in [4.69, 9.17) is 4.42 Å². The van der Waals surface area contributed by atoms with Crippen molar-refractivity contribution in [3.05, 3.63) is 52.3 Å². The molecule has 1 aromatic carbocycles. The highest BCUT2D eigenvalue weighted by atomic mass is 16.4. The van der Waals surface area contributed by atoms with E-state index < -0.39 is 5.76 Å². The van der Waals surface area contributed by atoms with E-state index in [1.165, 1.54) is 12.0 Å². The minimum atomic E-state index is -0.470. The van der Waals surface area contributed by atoms with Gasteiger partial charge in [-0.1, -0.05) is 43.7 Å². The van der Waals surface area contributed by atoms with Crippen molar-refractivity contribution in [3.8, 4) is 0 Å². The number of benzene rings is 1. The number of nitrogens with one attached hydrogen (secondary N) is 1. The molecule has 0 bridgehead atoms. The minimum Gasteiger partial charge on any atom is -0.392 e. The van der Waals surface area contributed by atoms with Crippen LogP contribution in [0.25, 0.3) is 0 Å². The molecule has 1 saturated carbocycles. The van der Waals surface area contributed by atoms with Crippen LogP contribution in [0.3, 0.4) is 0 Å². The number of hydrogen-bond acceptors (Lipinski definition) is 3. The Labute approximate surface area is 111 Å². The lowest BCUT2D eigenvalue weighted by Gasteiger charge is -2.20. The summed E-state index contributed by atoms with van der Waals surface area (Å²) in [5, 5.41) is 6.44. The highest BCUT2D eigenvalue weighted by Gasteiger charge is 2.33. The van der Waals surface area contributed by atoms with Gasteiger partial charge in [-0.3, -0.25) is 0 Å². The largest absolute Gasteiger partial charge is 0.434 e. The summed E-state index contributed by atoms with van der Waals surface area (Å²) < 4.78 is 5.23. The number of aromatic amines is 1. The Morgan fingerprint density at radius 1 is 1.32 bits per heavy atom. The van der Waals surface area contributed by atoms with Gasteiger partial charge < -0.3 is 4.42 Å². The van der Waals surface area contributed by atoms with Gasteiger partial charge in [0.2, 0.25) is 5.89 Å². The molecule has 1 heterocycles. The van der Waals surface area contributed by atoms with Crippen molar-refractivity contribution < 1.29 is 4.42 Å².